The lowest BCUT2D eigenvalue weighted by Crippen LogP contribution is -2.48. The molecule has 2 amide bonds. The van der Waals surface area contributed by atoms with Gasteiger partial charge in [0.05, 0.1) is 6.54 Å². The third kappa shape index (κ3) is 8.79. The molecule has 0 saturated carbocycles. The Labute approximate surface area is 224 Å². The molecule has 2 heterocycles. The van der Waals surface area contributed by atoms with Crippen molar-refractivity contribution in [2.75, 3.05) is 63.0 Å². The molecule has 198 valence electrons. The van der Waals surface area contributed by atoms with E-state index in [0.29, 0.717) is 37.1 Å². The highest BCUT2D eigenvalue weighted by Gasteiger charge is 2.19. The minimum absolute atomic E-state index is 0.0862. The number of carbonyl (C=O) groups is 2. The smallest absolute Gasteiger partial charge is 0.239 e. The summed E-state index contributed by atoms with van der Waals surface area (Å²) in [5.74, 6) is 1.34. The Morgan fingerprint density at radius 2 is 1.53 bits per heavy atom. The van der Waals surface area contributed by atoms with E-state index in [0.717, 1.165) is 38.3 Å². The normalized spacial score (nSPS) is 14.3. The Bertz CT molecular complexity index is 1210. The second-order valence-corrected chi connectivity index (χ2v) is 9.18. The molecule has 0 radical (unpaired) electrons. The van der Waals surface area contributed by atoms with Crippen LogP contribution < -0.4 is 16.0 Å². The lowest BCUT2D eigenvalue weighted by atomic mass is 10.2. The van der Waals surface area contributed by atoms with Crippen LogP contribution in [0.25, 0.3) is 17.5 Å². The first kappa shape index (κ1) is 27.0. The summed E-state index contributed by atoms with van der Waals surface area (Å²) in [6.07, 6.45) is 4.34. The number of nitrogens with one attached hydrogen (secondary N) is 3. The molecule has 1 saturated heterocycles. The zero-order valence-electron chi connectivity index (χ0n) is 21.8. The third-order valence-corrected chi connectivity index (χ3v) is 6.14. The molecule has 0 atom stereocenters. The number of piperazine rings is 1. The minimum Gasteiger partial charge on any atom is -0.368 e. The molecule has 9 heteroatoms. The van der Waals surface area contributed by atoms with Gasteiger partial charge in [-0.05, 0) is 5.56 Å². The van der Waals surface area contributed by atoms with Crippen molar-refractivity contribution in [2.24, 2.45) is 0 Å². The van der Waals surface area contributed by atoms with Crippen LogP contribution in [0.5, 0.6) is 0 Å². The van der Waals surface area contributed by atoms with E-state index in [1.807, 2.05) is 48.5 Å². The maximum Gasteiger partial charge on any atom is 0.239 e. The van der Waals surface area contributed by atoms with Gasteiger partial charge in [0.25, 0.3) is 0 Å². The number of hydrogen-bond donors (Lipinski definition) is 3. The van der Waals surface area contributed by atoms with Crippen LogP contribution in [0.1, 0.15) is 12.5 Å². The maximum absolute atomic E-state index is 12.9. The van der Waals surface area contributed by atoms with Crippen LogP contribution >= 0.6 is 0 Å². The fourth-order valence-electron chi connectivity index (χ4n) is 4.16. The van der Waals surface area contributed by atoms with Crippen LogP contribution in [0.15, 0.2) is 72.8 Å². The van der Waals surface area contributed by atoms with Crippen molar-refractivity contribution in [2.45, 2.75) is 6.92 Å². The van der Waals surface area contributed by atoms with Gasteiger partial charge in [0, 0.05) is 64.4 Å². The predicted octanol–water partition coefficient (Wildman–Crippen LogP) is 2.96. The molecule has 38 heavy (non-hydrogen) atoms. The fraction of sp³-hybridized carbons (Fsp3) is 0.310. The number of amides is 2. The SMILES string of the molecule is CC(=O)NCCNc1cc(NC(=O)CN2CCN(CC=Cc3ccccc3)CC2)nc(-c2ccccc2)n1. The lowest BCUT2D eigenvalue weighted by molar-refractivity contribution is -0.119. The van der Waals surface area contributed by atoms with Gasteiger partial charge in [-0.25, -0.2) is 9.97 Å². The van der Waals surface area contributed by atoms with Gasteiger partial charge >= 0.3 is 0 Å². The Morgan fingerprint density at radius 1 is 0.868 bits per heavy atom. The van der Waals surface area contributed by atoms with Gasteiger partial charge in [-0.3, -0.25) is 19.4 Å². The Kier molecular flexibility index (Phi) is 9.95. The molecule has 9 nitrogen and oxygen atoms in total. The second kappa shape index (κ2) is 14.0. The highest BCUT2D eigenvalue weighted by atomic mass is 16.2. The van der Waals surface area contributed by atoms with Gasteiger partial charge in [0.2, 0.25) is 11.8 Å². The first-order chi connectivity index (χ1) is 18.5. The molecular formula is C29H35N7O2. The summed E-state index contributed by atoms with van der Waals surface area (Å²) in [6, 6.07) is 21.6. The number of nitrogens with zero attached hydrogens (tertiary/aromatic N) is 4. The van der Waals surface area contributed by atoms with Crippen molar-refractivity contribution in [3.63, 3.8) is 0 Å². The van der Waals surface area contributed by atoms with Crippen molar-refractivity contribution >= 4 is 29.5 Å². The maximum atomic E-state index is 12.9. The average molecular weight is 514 g/mol. The summed E-state index contributed by atoms with van der Waals surface area (Å²) < 4.78 is 0. The summed E-state index contributed by atoms with van der Waals surface area (Å²) in [4.78, 5) is 37.7. The van der Waals surface area contributed by atoms with E-state index in [1.54, 1.807) is 6.07 Å². The fourth-order valence-corrected chi connectivity index (χ4v) is 4.16. The number of hydrogen-bond acceptors (Lipinski definition) is 7. The van der Waals surface area contributed by atoms with E-state index >= 15 is 0 Å². The monoisotopic (exact) mass is 513 g/mol. The third-order valence-electron chi connectivity index (χ3n) is 6.14. The summed E-state index contributed by atoms with van der Waals surface area (Å²) in [5.41, 5.74) is 2.06. The Morgan fingerprint density at radius 3 is 2.24 bits per heavy atom. The standard InChI is InChI=1S/C29H35N7O2/c1-23(37)30-14-15-31-26-21-27(34-29(33-26)25-12-6-3-7-13-25)32-28(38)22-36-19-17-35(18-20-36)16-8-11-24-9-4-2-5-10-24/h2-13,21H,14-20,22H2,1H3,(H,30,37)(H2,31,32,33,34,38). The highest BCUT2D eigenvalue weighted by molar-refractivity contribution is 5.92. The average Bonchev–Trinajstić information content (AvgIpc) is 2.93. The molecular weight excluding hydrogens is 478 g/mol. The van der Waals surface area contributed by atoms with Gasteiger partial charge in [-0.1, -0.05) is 72.8 Å². The van der Waals surface area contributed by atoms with Crippen LogP contribution in [0, 0.1) is 0 Å². The van der Waals surface area contributed by atoms with Crippen molar-refractivity contribution in [3.8, 4) is 11.4 Å². The zero-order valence-corrected chi connectivity index (χ0v) is 21.8. The molecule has 2 aromatic carbocycles. The molecule has 4 rings (SSSR count). The first-order valence-electron chi connectivity index (χ1n) is 12.9. The largest absolute Gasteiger partial charge is 0.368 e. The number of anilines is 2. The quantitative estimate of drug-likeness (QED) is 0.339. The first-order valence-corrected chi connectivity index (χ1v) is 12.9. The minimum atomic E-state index is -0.107. The van der Waals surface area contributed by atoms with Gasteiger partial charge in [-0.2, -0.15) is 0 Å². The molecule has 1 aliphatic heterocycles. The van der Waals surface area contributed by atoms with E-state index < -0.39 is 0 Å². The van der Waals surface area contributed by atoms with Crippen molar-refractivity contribution in [1.29, 1.82) is 0 Å². The Hall–Kier alpha value is -4.08. The molecule has 1 aromatic heterocycles. The number of aromatic nitrogens is 2. The van der Waals surface area contributed by atoms with Crippen molar-refractivity contribution in [3.05, 3.63) is 78.4 Å². The summed E-state index contributed by atoms with van der Waals surface area (Å²) in [5, 5.41) is 8.89. The van der Waals surface area contributed by atoms with Crippen LogP contribution in [0.4, 0.5) is 11.6 Å². The number of carbonyl (C=O) groups excluding carboxylic acids is 2. The number of rotatable bonds is 11. The van der Waals surface area contributed by atoms with E-state index in [9.17, 15) is 9.59 Å². The molecule has 3 aromatic rings. The highest BCUT2D eigenvalue weighted by Crippen LogP contribution is 2.20. The van der Waals surface area contributed by atoms with Gasteiger partial charge in [-0.15, -0.1) is 0 Å². The van der Waals surface area contributed by atoms with Crippen molar-refractivity contribution < 1.29 is 9.59 Å². The zero-order chi connectivity index (χ0) is 26.6. The molecule has 0 aliphatic carbocycles. The predicted molar refractivity (Wildman–Crippen MR) is 152 cm³/mol. The van der Waals surface area contributed by atoms with E-state index in [-0.39, 0.29) is 11.8 Å². The van der Waals surface area contributed by atoms with Crippen LogP contribution in [0.2, 0.25) is 0 Å². The molecule has 0 spiro atoms. The summed E-state index contributed by atoms with van der Waals surface area (Å²) in [6.45, 7) is 7.16. The second-order valence-electron chi connectivity index (χ2n) is 9.18. The summed E-state index contributed by atoms with van der Waals surface area (Å²) in [7, 11) is 0. The molecule has 3 N–H and O–H groups in total. The summed E-state index contributed by atoms with van der Waals surface area (Å²) >= 11 is 0. The van der Waals surface area contributed by atoms with Gasteiger partial charge < -0.3 is 16.0 Å². The molecule has 0 bridgehead atoms. The van der Waals surface area contributed by atoms with Crippen LogP contribution in [-0.2, 0) is 9.59 Å². The van der Waals surface area contributed by atoms with Crippen LogP contribution in [-0.4, -0.2) is 83.9 Å². The lowest BCUT2D eigenvalue weighted by Gasteiger charge is -2.33. The van der Waals surface area contributed by atoms with Gasteiger partial charge in [0.15, 0.2) is 5.82 Å². The molecule has 1 aliphatic rings. The van der Waals surface area contributed by atoms with Crippen LogP contribution in [0.3, 0.4) is 0 Å². The van der Waals surface area contributed by atoms with E-state index in [2.05, 4.69) is 60.0 Å². The van der Waals surface area contributed by atoms with Crippen molar-refractivity contribution in [1.82, 2.24) is 25.1 Å². The van der Waals surface area contributed by atoms with E-state index in [4.69, 9.17) is 0 Å². The topological polar surface area (TPSA) is 102 Å². The molecule has 0 unspecified atom stereocenters. The van der Waals surface area contributed by atoms with E-state index in [1.165, 1.54) is 12.5 Å². The molecule has 1 fully saturated rings. The van der Waals surface area contributed by atoms with Gasteiger partial charge in [0.1, 0.15) is 11.6 Å². The number of benzene rings is 2. The Balaban J connectivity index is 1.30.